The van der Waals surface area contributed by atoms with Crippen LogP contribution in [0.2, 0.25) is 0 Å². The van der Waals surface area contributed by atoms with Gasteiger partial charge in [-0.25, -0.2) is 8.42 Å². The summed E-state index contributed by atoms with van der Waals surface area (Å²) in [5.74, 6) is 1.60. The quantitative estimate of drug-likeness (QED) is 0.547. The third kappa shape index (κ3) is 4.58. The molecule has 1 N–H and O–H groups in total. The average molecular weight is 485 g/mol. The molecular formula is C24H24N2O7S. The molecule has 4 rings (SSSR count). The molecule has 0 radical (unpaired) electrons. The van der Waals surface area contributed by atoms with Crippen LogP contribution < -0.4 is 28.6 Å². The lowest BCUT2D eigenvalue weighted by Crippen LogP contribution is -2.26. The fourth-order valence-electron chi connectivity index (χ4n) is 3.42. The number of nitrogens with one attached hydrogen (secondary N) is 1. The van der Waals surface area contributed by atoms with Crippen molar-refractivity contribution in [2.75, 3.05) is 44.1 Å². The van der Waals surface area contributed by atoms with Crippen LogP contribution in [0.1, 0.15) is 10.4 Å². The molecule has 0 saturated heterocycles. The molecule has 1 heterocycles. The van der Waals surface area contributed by atoms with E-state index in [2.05, 4.69) is 5.32 Å². The summed E-state index contributed by atoms with van der Waals surface area (Å²) in [6, 6.07) is 15.8. The van der Waals surface area contributed by atoms with Crippen LogP contribution in [0.25, 0.3) is 0 Å². The van der Waals surface area contributed by atoms with Gasteiger partial charge in [0.2, 0.25) is 0 Å². The van der Waals surface area contributed by atoms with Crippen molar-refractivity contribution in [1.82, 2.24) is 0 Å². The number of rotatable bonds is 7. The Balaban J connectivity index is 1.50. The molecule has 3 aromatic carbocycles. The topological polar surface area (TPSA) is 103 Å². The summed E-state index contributed by atoms with van der Waals surface area (Å²) in [6.45, 7) is 0.937. The first-order valence-electron chi connectivity index (χ1n) is 10.4. The van der Waals surface area contributed by atoms with Crippen LogP contribution >= 0.6 is 0 Å². The number of fused-ring (bicyclic) bond motifs is 1. The molecule has 0 bridgehead atoms. The van der Waals surface area contributed by atoms with Gasteiger partial charge < -0.3 is 24.3 Å². The Morgan fingerprint density at radius 2 is 1.56 bits per heavy atom. The van der Waals surface area contributed by atoms with Crippen molar-refractivity contribution in [3.63, 3.8) is 0 Å². The molecule has 178 valence electrons. The van der Waals surface area contributed by atoms with Crippen molar-refractivity contribution in [3.8, 4) is 23.0 Å². The van der Waals surface area contributed by atoms with Crippen LogP contribution in [-0.2, 0) is 10.0 Å². The van der Waals surface area contributed by atoms with E-state index in [0.717, 1.165) is 4.31 Å². The standard InChI is InChI=1S/C24H24N2O7S/c1-26(34(28,29)19-9-11-20(30-2)22(15-19)31-3)18-7-4-16(5-8-18)24(27)25-17-6-10-21-23(14-17)33-13-12-32-21/h4-11,14-15H,12-13H2,1-3H3,(H,25,27). The van der Waals surface area contributed by atoms with Crippen molar-refractivity contribution in [3.05, 3.63) is 66.2 Å². The van der Waals surface area contributed by atoms with Gasteiger partial charge in [-0.3, -0.25) is 9.10 Å². The SMILES string of the molecule is COc1ccc(S(=O)(=O)N(C)c2ccc(C(=O)Nc3ccc4c(c3)OCCO4)cc2)cc1OC. The Hall–Kier alpha value is -3.92. The molecule has 1 aliphatic heterocycles. The van der Waals surface area contributed by atoms with Gasteiger partial charge in [0.15, 0.2) is 23.0 Å². The van der Waals surface area contributed by atoms with Gasteiger partial charge in [-0.1, -0.05) is 0 Å². The van der Waals surface area contributed by atoms with Gasteiger partial charge in [0.1, 0.15) is 13.2 Å². The molecule has 0 atom stereocenters. The number of sulfonamides is 1. The number of carbonyl (C=O) groups is 1. The second-order valence-corrected chi connectivity index (χ2v) is 9.32. The van der Waals surface area contributed by atoms with Crippen molar-refractivity contribution in [1.29, 1.82) is 0 Å². The Morgan fingerprint density at radius 3 is 2.24 bits per heavy atom. The molecule has 0 aromatic heterocycles. The Kier molecular flexibility index (Phi) is 6.51. The highest BCUT2D eigenvalue weighted by molar-refractivity contribution is 7.92. The predicted molar refractivity (Wildman–Crippen MR) is 127 cm³/mol. The van der Waals surface area contributed by atoms with Gasteiger partial charge in [-0.15, -0.1) is 0 Å². The number of benzene rings is 3. The summed E-state index contributed by atoms with van der Waals surface area (Å²) in [7, 11) is 0.485. The summed E-state index contributed by atoms with van der Waals surface area (Å²) in [4.78, 5) is 12.7. The average Bonchev–Trinajstić information content (AvgIpc) is 2.87. The summed E-state index contributed by atoms with van der Waals surface area (Å²) in [5, 5.41) is 2.80. The molecule has 3 aromatic rings. The maximum absolute atomic E-state index is 13.1. The highest BCUT2D eigenvalue weighted by atomic mass is 32.2. The lowest BCUT2D eigenvalue weighted by molar-refractivity contribution is 0.102. The van der Waals surface area contributed by atoms with Gasteiger partial charge in [-0.2, -0.15) is 0 Å². The fraction of sp³-hybridized carbons (Fsp3) is 0.208. The summed E-state index contributed by atoms with van der Waals surface area (Å²) in [5.41, 5.74) is 1.33. The minimum absolute atomic E-state index is 0.0491. The third-order valence-corrected chi connectivity index (χ3v) is 7.09. The second-order valence-electron chi connectivity index (χ2n) is 7.35. The number of hydrogen-bond acceptors (Lipinski definition) is 7. The molecule has 0 fully saturated rings. The summed E-state index contributed by atoms with van der Waals surface area (Å²) >= 11 is 0. The van der Waals surface area contributed by atoms with Crippen LogP contribution in [0, 0.1) is 0 Å². The van der Waals surface area contributed by atoms with Gasteiger partial charge in [0.05, 0.1) is 24.8 Å². The van der Waals surface area contributed by atoms with E-state index in [1.54, 1.807) is 42.5 Å². The third-order valence-electron chi connectivity index (χ3n) is 5.31. The number of amides is 1. The van der Waals surface area contributed by atoms with Crippen molar-refractivity contribution < 1.29 is 32.2 Å². The van der Waals surface area contributed by atoms with Crippen LogP contribution in [0.3, 0.4) is 0 Å². The molecule has 10 heteroatoms. The van der Waals surface area contributed by atoms with E-state index in [4.69, 9.17) is 18.9 Å². The smallest absolute Gasteiger partial charge is 0.264 e. The molecule has 0 aliphatic carbocycles. The summed E-state index contributed by atoms with van der Waals surface area (Å²) in [6.07, 6.45) is 0. The zero-order valence-corrected chi connectivity index (χ0v) is 19.7. The number of hydrogen-bond donors (Lipinski definition) is 1. The first-order valence-corrected chi connectivity index (χ1v) is 11.8. The number of methoxy groups -OCH3 is 2. The van der Waals surface area contributed by atoms with Crippen molar-refractivity contribution in [2.45, 2.75) is 4.90 Å². The van der Waals surface area contributed by atoms with Crippen LogP contribution in [0.4, 0.5) is 11.4 Å². The Labute approximate surface area is 197 Å². The first kappa shape index (κ1) is 23.2. The first-order chi connectivity index (χ1) is 16.3. The fourth-order valence-corrected chi connectivity index (χ4v) is 4.63. The molecule has 9 nitrogen and oxygen atoms in total. The van der Waals surface area contributed by atoms with Crippen molar-refractivity contribution in [2.24, 2.45) is 0 Å². The predicted octanol–water partition coefficient (Wildman–Crippen LogP) is 3.55. The zero-order chi connectivity index (χ0) is 24.3. The maximum atomic E-state index is 13.1. The lowest BCUT2D eigenvalue weighted by atomic mass is 10.2. The van der Waals surface area contributed by atoms with Crippen LogP contribution in [0.5, 0.6) is 23.0 Å². The van der Waals surface area contributed by atoms with Gasteiger partial charge in [0, 0.05) is 30.4 Å². The van der Waals surface area contributed by atoms with Crippen LogP contribution in [0.15, 0.2) is 65.6 Å². The molecule has 34 heavy (non-hydrogen) atoms. The molecule has 0 saturated carbocycles. The van der Waals surface area contributed by atoms with E-state index in [1.807, 2.05) is 0 Å². The van der Waals surface area contributed by atoms with E-state index in [0.29, 0.717) is 53.2 Å². The number of carbonyl (C=O) groups excluding carboxylic acids is 1. The van der Waals surface area contributed by atoms with Gasteiger partial charge in [-0.05, 0) is 48.5 Å². The summed E-state index contributed by atoms with van der Waals surface area (Å²) < 4.78 is 48.7. The highest BCUT2D eigenvalue weighted by Crippen LogP contribution is 2.33. The number of ether oxygens (including phenoxy) is 4. The minimum Gasteiger partial charge on any atom is -0.493 e. The maximum Gasteiger partial charge on any atom is 0.264 e. The molecule has 0 unspecified atom stereocenters. The molecule has 1 amide bonds. The number of anilines is 2. The Morgan fingerprint density at radius 1 is 0.882 bits per heavy atom. The lowest BCUT2D eigenvalue weighted by Gasteiger charge is -2.20. The highest BCUT2D eigenvalue weighted by Gasteiger charge is 2.23. The van der Waals surface area contributed by atoms with Gasteiger partial charge in [0.25, 0.3) is 15.9 Å². The normalized spacial score (nSPS) is 12.6. The minimum atomic E-state index is -3.87. The van der Waals surface area contributed by atoms with E-state index in [-0.39, 0.29) is 10.8 Å². The number of nitrogens with zero attached hydrogens (tertiary/aromatic N) is 1. The largest absolute Gasteiger partial charge is 0.493 e. The van der Waals surface area contributed by atoms with Gasteiger partial charge >= 0.3 is 0 Å². The van der Waals surface area contributed by atoms with E-state index >= 15 is 0 Å². The zero-order valence-electron chi connectivity index (χ0n) is 18.9. The van der Waals surface area contributed by atoms with E-state index < -0.39 is 10.0 Å². The monoisotopic (exact) mass is 484 g/mol. The van der Waals surface area contributed by atoms with Crippen molar-refractivity contribution >= 4 is 27.3 Å². The Bertz CT molecular complexity index is 1310. The molecular weight excluding hydrogens is 460 g/mol. The molecule has 0 spiro atoms. The van der Waals surface area contributed by atoms with E-state index in [9.17, 15) is 13.2 Å². The second kappa shape index (κ2) is 9.52. The van der Waals surface area contributed by atoms with Crippen LogP contribution in [-0.4, -0.2) is 48.8 Å². The van der Waals surface area contributed by atoms with E-state index in [1.165, 1.54) is 39.5 Å². The molecule has 1 aliphatic rings.